The Kier molecular flexibility index (Phi) is 5.52. The number of hydrogen-bond acceptors (Lipinski definition) is 4. The zero-order valence-electron chi connectivity index (χ0n) is 12.0. The Morgan fingerprint density at radius 2 is 2.33 bits per heavy atom. The van der Waals surface area contributed by atoms with Crippen LogP contribution in [-0.2, 0) is 20.4 Å². The summed E-state index contributed by atoms with van der Waals surface area (Å²) in [7, 11) is -1.24. The van der Waals surface area contributed by atoms with Crippen molar-refractivity contribution in [3.63, 3.8) is 0 Å². The zero-order valence-corrected chi connectivity index (χ0v) is 13.6. The first-order valence-electron chi connectivity index (χ1n) is 6.96. The second-order valence-electron chi connectivity index (χ2n) is 5.26. The van der Waals surface area contributed by atoms with Gasteiger partial charge < -0.3 is 10.6 Å². The normalized spacial score (nSPS) is 21.8. The summed E-state index contributed by atoms with van der Waals surface area (Å²) in [5.74, 6) is -0.779. The molecule has 3 atom stereocenters. The van der Waals surface area contributed by atoms with Crippen LogP contribution in [0.15, 0.2) is 17.5 Å². The first-order chi connectivity index (χ1) is 9.99. The van der Waals surface area contributed by atoms with Gasteiger partial charge in [-0.25, -0.2) is 0 Å². The van der Waals surface area contributed by atoms with E-state index < -0.39 is 10.8 Å². The monoisotopic (exact) mass is 328 g/mol. The summed E-state index contributed by atoms with van der Waals surface area (Å²) < 4.78 is 12.3. The number of hydrogen-bond donors (Lipinski definition) is 1. The zero-order chi connectivity index (χ0) is 15.4. The molecule has 1 aromatic heterocycles. The third kappa shape index (κ3) is 4.14. The molecule has 2 rings (SSSR count). The van der Waals surface area contributed by atoms with E-state index >= 15 is 0 Å². The van der Waals surface area contributed by atoms with Crippen molar-refractivity contribution in [2.45, 2.75) is 25.0 Å². The average molecular weight is 328 g/mol. The molecule has 2 amide bonds. The molecule has 1 aromatic rings. The van der Waals surface area contributed by atoms with E-state index in [0.29, 0.717) is 13.1 Å². The van der Waals surface area contributed by atoms with E-state index in [0.717, 1.165) is 17.7 Å². The largest absolute Gasteiger partial charge is 0.369 e. The van der Waals surface area contributed by atoms with Crippen molar-refractivity contribution < 1.29 is 13.8 Å². The van der Waals surface area contributed by atoms with Crippen LogP contribution in [0, 0.1) is 5.92 Å². The maximum absolute atomic E-state index is 12.3. The predicted octanol–water partition coefficient (Wildman–Crippen LogP) is 1.28. The second kappa shape index (κ2) is 7.17. The topological polar surface area (TPSA) is 80.5 Å². The van der Waals surface area contributed by atoms with Crippen molar-refractivity contribution >= 4 is 34.0 Å². The minimum absolute atomic E-state index is 0.00451. The highest BCUT2D eigenvalue weighted by atomic mass is 32.2. The summed E-state index contributed by atoms with van der Waals surface area (Å²) in [6.07, 6.45) is 1.50. The van der Waals surface area contributed by atoms with Gasteiger partial charge >= 0.3 is 0 Å². The molecular weight excluding hydrogens is 308 g/mol. The number of thiophene rings is 1. The average Bonchev–Trinajstić information content (AvgIpc) is 3.00. The van der Waals surface area contributed by atoms with Crippen LogP contribution in [0.4, 0.5) is 0 Å². The van der Waals surface area contributed by atoms with E-state index in [1.54, 1.807) is 16.2 Å². The Morgan fingerprint density at radius 3 is 2.95 bits per heavy atom. The number of carbonyl (C=O) groups is 2. The van der Waals surface area contributed by atoms with Crippen LogP contribution in [0.2, 0.25) is 0 Å². The van der Waals surface area contributed by atoms with Crippen LogP contribution in [0.1, 0.15) is 29.9 Å². The molecule has 1 aliphatic heterocycles. The molecule has 2 N–H and O–H groups in total. The fraction of sp³-hybridized carbons (Fsp3) is 0.571. The van der Waals surface area contributed by atoms with Gasteiger partial charge in [-0.2, -0.15) is 0 Å². The Labute approximate surface area is 131 Å². The van der Waals surface area contributed by atoms with Gasteiger partial charge in [0, 0.05) is 28.8 Å². The van der Waals surface area contributed by atoms with Crippen LogP contribution >= 0.6 is 11.3 Å². The lowest BCUT2D eigenvalue weighted by Gasteiger charge is -2.31. The molecule has 0 saturated carbocycles. The molecule has 0 aromatic carbocycles. The van der Waals surface area contributed by atoms with Gasteiger partial charge in [-0.3, -0.25) is 13.8 Å². The van der Waals surface area contributed by atoms with E-state index in [-0.39, 0.29) is 28.7 Å². The molecule has 7 heteroatoms. The third-order valence-electron chi connectivity index (χ3n) is 3.78. The molecule has 1 aliphatic rings. The molecule has 21 heavy (non-hydrogen) atoms. The lowest BCUT2D eigenvalue weighted by molar-refractivity contribution is -0.132. The van der Waals surface area contributed by atoms with E-state index in [1.165, 1.54) is 0 Å². The molecule has 1 saturated heterocycles. The van der Waals surface area contributed by atoms with Crippen LogP contribution < -0.4 is 5.73 Å². The van der Waals surface area contributed by atoms with Gasteiger partial charge in [0.15, 0.2) is 0 Å². The van der Waals surface area contributed by atoms with E-state index in [9.17, 15) is 13.8 Å². The Bertz CT molecular complexity index is 530. The van der Waals surface area contributed by atoms with Crippen molar-refractivity contribution in [3.05, 3.63) is 22.4 Å². The number of nitrogens with zero attached hydrogens (tertiary/aromatic N) is 1. The molecule has 2 heterocycles. The Hall–Kier alpha value is -1.21. The fourth-order valence-corrected chi connectivity index (χ4v) is 4.59. The number of rotatable bonds is 5. The first kappa shape index (κ1) is 16.2. The maximum atomic E-state index is 12.3. The third-order valence-corrected chi connectivity index (χ3v) is 6.56. The smallest absolute Gasteiger partial charge is 0.235 e. The molecule has 0 aliphatic carbocycles. The summed E-state index contributed by atoms with van der Waals surface area (Å²) in [5.41, 5.74) is 5.31. The number of nitrogens with two attached hydrogens (primary N) is 1. The van der Waals surface area contributed by atoms with Crippen LogP contribution in [0.25, 0.3) is 0 Å². The molecule has 0 radical (unpaired) electrons. The quantitative estimate of drug-likeness (QED) is 0.884. The minimum Gasteiger partial charge on any atom is -0.369 e. The molecule has 0 spiro atoms. The van der Waals surface area contributed by atoms with Crippen molar-refractivity contribution in [3.8, 4) is 0 Å². The number of amides is 2. The van der Waals surface area contributed by atoms with Crippen LogP contribution in [0.3, 0.4) is 0 Å². The van der Waals surface area contributed by atoms with E-state index in [2.05, 4.69) is 0 Å². The minimum atomic E-state index is -1.24. The summed E-state index contributed by atoms with van der Waals surface area (Å²) in [5, 5.41) is 1.79. The molecule has 0 bridgehead atoms. The number of carbonyl (C=O) groups excluding carboxylic acids is 2. The van der Waals surface area contributed by atoms with Gasteiger partial charge in [0.25, 0.3) is 0 Å². The predicted molar refractivity (Wildman–Crippen MR) is 84.2 cm³/mol. The summed E-state index contributed by atoms with van der Waals surface area (Å²) in [6, 6.07) is 3.85. The van der Waals surface area contributed by atoms with Crippen molar-refractivity contribution in [1.29, 1.82) is 0 Å². The SMILES string of the molecule is C[C@H](c1cccs1)[S@](=O)CC(=O)N1CCC[C@@H](C(N)=O)C1. The first-order valence-corrected chi connectivity index (χ1v) is 9.23. The highest BCUT2D eigenvalue weighted by Crippen LogP contribution is 2.24. The van der Waals surface area contributed by atoms with Gasteiger partial charge in [0.05, 0.1) is 11.2 Å². The standard InChI is InChI=1S/C14H20N2O3S2/c1-10(12-5-3-7-20-12)21(19)9-13(17)16-6-2-4-11(8-16)14(15)18/h3,5,7,10-11H,2,4,6,8-9H2,1H3,(H2,15,18)/t10-,11-,21-/m1/s1. The molecule has 116 valence electrons. The summed E-state index contributed by atoms with van der Waals surface area (Å²) >= 11 is 1.55. The summed E-state index contributed by atoms with van der Waals surface area (Å²) in [4.78, 5) is 26.1. The number of piperidine rings is 1. The summed E-state index contributed by atoms with van der Waals surface area (Å²) in [6.45, 7) is 2.85. The van der Waals surface area contributed by atoms with E-state index in [4.69, 9.17) is 5.73 Å². The second-order valence-corrected chi connectivity index (χ2v) is 8.00. The lowest BCUT2D eigenvalue weighted by Crippen LogP contribution is -2.45. The van der Waals surface area contributed by atoms with Gasteiger partial charge in [0.1, 0.15) is 5.75 Å². The fourth-order valence-electron chi connectivity index (χ4n) is 2.43. The van der Waals surface area contributed by atoms with Crippen molar-refractivity contribution in [2.75, 3.05) is 18.8 Å². The highest BCUT2D eigenvalue weighted by Gasteiger charge is 2.28. The lowest BCUT2D eigenvalue weighted by atomic mass is 9.97. The highest BCUT2D eigenvalue weighted by molar-refractivity contribution is 7.86. The van der Waals surface area contributed by atoms with Gasteiger partial charge in [0.2, 0.25) is 11.8 Å². The maximum Gasteiger partial charge on any atom is 0.235 e. The Balaban J connectivity index is 1.91. The van der Waals surface area contributed by atoms with Gasteiger partial charge in [-0.1, -0.05) is 6.07 Å². The van der Waals surface area contributed by atoms with Crippen molar-refractivity contribution in [1.82, 2.24) is 4.90 Å². The molecule has 0 unspecified atom stereocenters. The van der Waals surface area contributed by atoms with E-state index in [1.807, 2.05) is 24.4 Å². The van der Waals surface area contributed by atoms with Crippen molar-refractivity contribution in [2.24, 2.45) is 11.7 Å². The molecule has 5 nitrogen and oxygen atoms in total. The van der Waals surface area contributed by atoms with Crippen LogP contribution in [0.5, 0.6) is 0 Å². The van der Waals surface area contributed by atoms with Crippen LogP contribution in [-0.4, -0.2) is 39.8 Å². The molecular formula is C14H20N2O3S2. The van der Waals surface area contributed by atoms with Gasteiger partial charge in [-0.05, 0) is 31.2 Å². The van der Waals surface area contributed by atoms with Gasteiger partial charge in [-0.15, -0.1) is 11.3 Å². The Morgan fingerprint density at radius 1 is 1.57 bits per heavy atom. The number of likely N-dealkylation sites (tertiary alicyclic amines) is 1. The molecule has 1 fully saturated rings. The number of primary amides is 1.